The van der Waals surface area contributed by atoms with Gasteiger partial charge in [-0.1, -0.05) is 53.5 Å². The number of hydrogen-bond acceptors (Lipinski definition) is 4. The van der Waals surface area contributed by atoms with Gasteiger partial charge in [0.1, 0.15) is 10.8 Å². The molecule has 0 bridgehead atoms. The van der Waals surface area contributed by atoms with E-state index in [-0.39, 0.29) is 46.7 Å². The minimum Gasteiger partial charge on any atom is -0.489 e. The van der Waals surface area contributed by atoms with Gasteiger partial charge in [-0.25, -0.2) is 0 Å². The summed E-state index contributed by atoms with van der Waals surface area (Å²) in [5, 5.41) is 11.6. The van der Waals surface area contributed by atoms with Gasteiger partial charge in [-0.15, -0.1) is 0 Å². The molecule has 8 heteroatoms. The summed E-state index contributed by atoms with van der Waals surface area (Å²) in [6, 6.07) is 12.0. The molecule has 2 N–H and O–H groups in total. The summed E-state index contributed by atoms with van der Waals surface area (Å²) in [4.78, 5) is 35.4. The zero-order valence-electron chi connectivity index (χ0n) is 16.1. The highest BCUT2D eigenvalue weighted by atomic mass is 35.5. The number of carbonyl (C=O) groups is 3. The second kappa shape index (κ2) is 9.96. The number of ketones is 1. The number of carbonyl (C=O) groups excluding carboxylic acids is 2. The van der Waals surface area contributed by atoms with E-state index in [0.29, 0.717) is 36.1 Å². The standard InChI is InChI=1S/C22H21Cl2NO5/c23-19-16(21(28)13-4-2-1-3-5-13)8-9-17(20(19)24)30-15-7-6-14(12-15)22(29)25-11-10-18(26)27/h1-5,8-9,14-15H,6-7,10-12H2,(H,25,29)(H,26,27)/t14-,15-/m0/s1. The van der Waals surface area contributed by atoms with Gasteiger partial charge in [0, 0.05) is 23.6 Å². The van der Waals surface area contributed by atoms with Crippen LogP contribution in [0.1, 0.15) is 41.6 Å². The SMILES string of the molecule is O=C(O)CCNC(=O)[C@H]1CC[C@H](Oc2ccc(C(=O)c3ccccc3)c(Cl)c2Cl)C1. The van der Waals surface area contributed by atoms with E-state index in [1.807, 2.05) is 6.07 Å². The van der Waals surface area contributed by atoms with Gasteiger partial charge >= 0.3 is 5.97 Å². The first-order valence-electron chi connectivity index (χ1n) is 9.60. The van der Waals surface area contributed by atoms with E-state index in [2.05, 4.69) is 5.32 Å². The lowest BCUT2D eigenvalue weighted by atomic mass is 10.0. The third-order valence-electron chi connectivity index (χ3n) is 5.01. The van der Waals surface area contributed by atoms with E-state index in [1.54, 1.807) is 36.4 Å². The monoisotopic (exact) mass is 449 g/mol. The third-order valence-corrected chi connectivity index (χ3v) is 5.88. The number of rotatable bonds is 8. The second-order valence-corrected chi connectivity index (χ2v) is 7.87. The molecule has 0 aromatic heterocycles. The Kier molecular flexibility index (Phi) is 7.34. The molecule has 0 aliphatic heterocycles. The van der Waals surface area contributed by atoms with Crippen molar-refractivity contribution in [2.75, 3.05) is 6.54 Å². The third kappa shape index (κ3) is 5.32. The molecule has 30 heavy (non-hydrogen) atoms. The number of benzene rings is 2. The van der Waals surface area contributed by atoms with Crippen molar-refractivity contribution in [3.63, 3.8) is 0 Å². The Morgan fingerprint density at radius 1 is 1.03 bits per heavy atom. The van der Waals surface area contributed by atoms with Gasteiger partial charge in [0.25, 0.3) is 0 Å². The van der Waals surface area contributed by atoms with Gasteiger partial charge in [-0.2, -0.15) is 0 Å². The fourth-order valence-electron chi connectivity index (χ4n) is 3.44. The van der Waals surface area contributed by atoms with Crippen LogP contribution in [0.5, 0.6) is 5.75 Å². The van der Waals surface area contributed by atoms with Gasteiger partial charge in [0.2, 0.25) is 5.91 Å². The lowest BCUT2D eigenvalue weighted by Gasteiger charge is -2.17. The molecular formula is C22H21Cl2NO5. The van der Waals surface area contributed by atoms with Gasteiger partial charge in [0.05, 0.1) is 17.5 Å². The van der Waals surface area contributed by atoms with Crippen molar-refractivity contribution in [1.82, 2.24) is 5.32 Å². The molecule has 2 atom stereocenters. The Morgan fingerprint density at radius 3 is 2.47 bits per heavy atom. The molecule has 1 aliphatic carbocycles. The molecule has 0 unspecified atom stereocenters. The van der Waals surface area contributed by atoms with Crippen LogP contribution in [0.2, 0.25) is 10.0 Å². The maximum absolute atomic E-state index is 12.7. The molecular weight excluding hydrogens is 429 g/mol. The zero-order valence-corrected chi connectivity index (χ0v) is 17.6. The summed E-state index contributed by atoms with van der Waals surface area (Å²) in [6.07, 6.45) is 1.47. The van der Waals surface area contributed by atoms with Crippen molar-refractivity contribution in [3.05, 3.63) is 63.6 Å². The molecule has 158 valence electrons. The van der Waals surface area contributed by atoms with Crippen LogP contribution in [0, 0.1) is 5.92 Å². The summed E-state index contributed by atoms with van der Waals surface area (Å²) in [6.45, 7) is 0.106. The van der Waals surface area contributed by atoms with Crippen LogP contribution in [0.15, 0.2) is 42.5 Å². The fourth-order valence-corrected chi connectivity index (χ4v) is 3.90. The predicted molar refractivity (Wildman–Crippen MR) is 113 cm³/mol. The lowest BCUT2D eigenvalue weighted by Crippen LogP contribution is -2.31. The predicted octanol–water partition coefficient (Wildman–Crippen LogP) is 4.36. The Morgan fingerprint density at radius 2 is 1.77 bits per heavy atom. The second-order valence-electron chi connectivity index (χ2n) is 7.12. The molecule has 1 aliphatic rings. The van der Waals surface area contributed by atoms with E-state index in [9.17, 15) is 14.4 Å². The van der Waals surface area contributed by atoms with Crippen LogP contribution in [0.4, 0.5) is 0 Å². The van der Waals surface area contributed by atoms with E-state index in [1.165, 1.54) is 0 Å². The Hall–Kier alpha value is -2.57. The summed E-state index contributed by atoms with van der Waals surface area (Å²) >= 11 is 12.7. The highest BCUT2D eigenvalue weighted by Crippen LogP contribution is 2.38. The van der Waals surface area contributed by atoms with Gasteiger partial charge in [-0.05, 0) is 31.4 Å². The Labute approximate surface area is 184 Å². The number of carboxylic acids is 1. The Bertz CT molecular complexity index is 948. The summed E-state index contributed by atoms with van der Waals surface area (Å²) in [5.41, 5.74) is 0.805. The minimum atomic E-state index is -0.955. The zero-order chi connectivity index (χ0) is 21.7. The average molecular weight is 450 g/mol. The highest BCUT2D eigenvalue weighted by molar-refractivity contribution is 6.45. The summed E-state index contributed by atoms with van der Waals surface area (Å²) in [5.74, 6) is -1.23. The molecule has 0 spiro atoms. The number of amides is 1. The molecule has 0 radical (unpaired) electrons. The number of ether oxygens (including phenoxy) is 1. The van der Waals surface area contributed by atoms with Gasteiger partial charge in [-0.3, -0.25) is 14.4 Å². The van der Waals surface area contributed by atoms with E-state index in [4.69, 9.17) is 33.0 Å². The molecule has 1 fully saturated rings. The van der Waals surface area contributed by atoms with Crippen LogP contribution in [-0.4, -0.2) is 35.4 Å². The molecule has 2 aromatic carbocycles. The molecule has 1 saturated carbocycles. The number of aliphatic carboxylic acids is 1. The fraction of sp³-hybridized carbons (Fsp3) is 0.318. The van der Waals surface area contributed by atoms with Crippen molar-refractivity contribution < 1.29 is 24.2 Å². The minimum absolute atomic E-state index is 0.106. The van der Waals surface area contributed by atoms with Crippen molar-refractivity contribution in [2.45, 2.75) is 31.8 Å². The van der Waals surface area contributed by atoms with Crippen LogP contribution in [0.3, 0.4) is 0 Å². The molecule has 0 heterocycles. The lowest BCUT2D eigenvalue weighted by molar-refractivity contribution is -0.137. The van der Waals surface area contributed by atoms with Crippen LogP contribution >= 0.6 is 23.2 Å². The first-order valence-corrected chi connectivity index (χ1v) is 10.4. The smallest absolute Gasteiger partial charge is 0.305 e. The average Bonchev–Trinajstić information content (AvgIpc) is 3.20. The normalized spacial score (nSPS) is 18.1. The van der Waals surface area contributed by atoms with Crippen molar-refractivity contribution in [1.29, 1.82) is 0 Å². The maximum atomic E-state index is 12.7. The summed E-state index contributed by atoms with van der Waals surface area (Å²) < 4.78 is 5.95. The van der Waals surface area contributed by atoms with Gasteiger partial charge in [0.15, 0.2) is 5.78 Å². The number of hydrogen-bond donors (Lipinski definition) is 2. The molecule has 1 amide bonds. The van der Waals surface area contributed by atoms with E-state index < -0.39 is 5.97 Å². The number of halogens is 2. The van der Waals surface area contributed by atoms with Crippen molar-refractivity contribution in [3.8, 4) is 5.75 Å². The van der Waals surface area contributed by atoms with Crippen LogP contribution < -0.4 is 10.1 Å². The molecule has 2 aromatic rings. The topological polar surface area (TPSA) is 92.7 Å². The largest absolute Gasteiger partial charge is 0.489 e. The summed E-state index contributed by atoms with van der Waals surface area (Å²) in [7, 11) is 0. The van der Waals surface area contributed by atoms with Crippen LogP contribution in [-0.2, 0) is 9.59 Å². The first-order chi connectivity index (χ1) is 14.4. The van der Waals surface area contributed by atoms with Crippen molar-refractivity contribution >= 4 is 40.9 Å². The Balaban J connectivity index is 1.62. The highest BCUT2D eigenvalue weighted by Gasteiger charge is 2.32. The van der Waals surface area contributed by atoms with Crippen molar-refractivity contribution in [2.24, 2.45) is 5.92 Å². The number of carboxylic acid groups (broad SMARTS) is 1. The van der Waals surface area contributed by atoms with E-state index >= 15 is 0 Å². The maximum Gasteiger partial charge on any atom is 0.305 e. The molecule has 6 nitrogen and oxygen atoms in total. The van der Waals surface area contributed by atoms with Gasteiger partial charge < -0.3 is 15.2 Å². The molecule has 0 saturated heterocycles. The number of nitrogens with one attached hydrogen (secondary N) is 1. The first kappa shape index (κ1) is 22.1. The molecule has 3 rings (SSSR count). The van der Waals surface area contributed by atoms with E-state index in [0.717, 1.165) is 0 Å². The van der Waals surface area contributed by atoms with Crippen LogP contribution in [0.25, 0.3) is 0 Å². The quantitative estimate of drug-likeness (QED) is 0.583.